The summed E-state index contributed by atoms with van der Waals surface area (Å²) >= 11 is 0. The highest BCUT2D eigenvalue weighted by Gasteiger charge is 2.15. The summed E-state index contributed by atoms with van der Waals surface area (Å²) in [6.07, 6.45) is 0. The summed E-state index contributed by atoms with van der Waals surface area (Å²) in [6.45, 7) is 4.03. The van der Waals surface area contributed by atoms with Gasteiger partial charge in [0.2, 0.25) is 0 Å². The Morgan fingerprint density at radius 1 is 1.47 bits per heavy atom. The maximum absolute atomic E-state index is 10.8. The first-order chi connectivity index (χ1) is 7.99. The number of fused-ring (bicyclic) bond motifs is 1. The van der Waals surface area contributed by atoms with E-state index in [1.807, 2.05) is 13.8 Å². The molecule has 90 valence electrons. The normalized spacial score (nSPS) is 13.2. The minimum absolute atomic E-state index is 0.171. The number of carboxylic acid groups (broad SMARTS) is 1. The van der Waals surface area contributed by atoms with Crippen LogP contribution >= 0.6 is 0 Å². The van der Waals surface area contributed by atoms with Crippen molar-refractivity contribution in [2.45, 2.75) is 19.9 Å². The molecule has 0 radical (unpaired) electrons. The molecule has 1 heterocycles. The average Bonchev–Trinajstić information content (AvgIpc) is 2.69. The number of aromatic nitrogens is 2. The number of aromatic carboxylic acids is 1. The first-order valence-electron chi connectivity index (χ1n) is 5.47. The molecule has 5 nitrogen and oxygen atoms in total. The molecule has 1 aromatic carbocycles. The molecule has 5 heteroatoms. The molecule has 1 unspecified atom stereocenters. The van der Waals surface area contributed by atoms with Crippen LogP contribution in [0.3, 0.4) is 0 Å². The van der Waals surface area contributed by atoms with E-state index in [2.05, 4.69) is 9.97 Å². The van der Waals surface area contributed by atoms with E-state index in [9.17, 15) is 4.79 Å². The Bertz CT molecular complexity index is 560. The van der Waals surface area contributed by atoms with Crippen LogP contribution in [0.25, 0.3) is 11.0 Å². The van der Waals surface area contributed by atoms with E-state index in [1.165, 1.54) is 6.07 Å². The predicted molar refractivity (Wildman–Crippen MR) is 64.8 cm³/mol. The quantitative estimate of drug-likeness (QED) is 0.755. The molecule has 1 aromatic heterocycles. The van der Waals surface area contributed by atoms with Crippen molar-refractivity contribution in [1.82, 2.24) is 9.97 Å². The lowest BCUT2D eigenvalue weighted by Crippen LogP contribution is -2.17. The second kappa shape index (κ2) is 4.18. The smallest absolute Gasteiger partial charge is 0.335 e. The van der Waals surface area contributed by atoms with Crippen molar-refractivity contribution in [3.05, 3.63) is 29.6 Å². The second-order valence-corrected chi connectivity index (χ2v) is 4.43. The zero-order valence-corrected chi connectivity index (χ0v) is 9.77. The molecular formula is C12H15N3O2. The molecule has 0 spiro atoms. The number of nitrogens with one attached hydrogen (secondary N) is 1. The van der Waals surface area contributed by atoms with Gasteiger partial charge < -0.3 is 15.8 Å². The van der Waals surface area contributed by atoms with Crippen LogP contribution in [0.15, 0.2) is 18.2 Å². The molecule has 0 aliphatic heterocycles. The first kappa shape index (κ1) is 11.6. The van der Waals surface area contributed by atoms with Crippen molar-refractivity contribution in [2.75, 3.05) is 0 Å². The summed E-state index contributed by atoms with van der Waals surface area (Å²) in [4.78, 5) is 18.3. The Labute approximate surface area is 98.7 Å². The molecule has 0 bridgehead atoms. The van der Waals surface area contributed by atoms with E-state index in [-0.39, 0.29) is 17.5 Å². The fourth-order valence-corrected chi connectivity index (χ4v) is 1.64. The van der Waals surface area contributed by atoms with Gasteiger partial charge in [0.05, 0.1) is 22.6 Å². The molecule has 0 amide bonds. The zero-order chi connectivity index (χ0) is 12.6. The van der Waals surface area contributed by atoms with Crippen LogP contribution in [-0.4, -0.2) is 21.0 Å². The third kappa shape index (κ3) is 2.14. The van der Waals surface area contributed by atoms with Crippen molar-refractivity contribution < 1.29 is 9.90 Å². The van der Waals surface area contributed by atoms with Crippen molar-refractivity contribution in [1.29, 1.82) is 0 Å². The van der Waals surface area contributed by atoms with Crippen LogP contribution in [0.5, 0.6) is 0 Å². The number of nitrogens with zero attached hydrogens (tertiary/aromatic N) is 1. The monoisotopic (exact) mass is 233 g/mol. The molecule has 0 saturated heterocycles. The SMILES string of the molecule is CC(C)C(N)c1nc2ccc(C(=O)O)cc2[nH]1. The third-order valence-electron chi connectivity index (χ3n) is 2.78. The topological polar surface area (TPSA) is 92.0 Å². The number of H-pyrrole nitrogens is 1. The summed E-state index contributed by atoms with van der Waals surface area (Å²) in [5.41, 5.74) is 7.67. The van der Waals surface area contributed by atoms with Gasteiger partial charge in [0.25, 0.3) is 0 Å². The zero-order valence-electron chi connectivity index (χ0n) is 9.77. The highest BCUT2D eigenvalue weighted by molar-refractivity contribution is 5.92. The molecule has 4 N–H and O–H groups in total. The Morgan fingerprint density at radius 3 is 2.76 bits per heavy atom. The van der Waals surface area contributed by atoms with Crippen LogP contribution in [0, 0.1) is 5.92 Å². The van der Waals surface area contributed by atoms with Gasteiger partial charge in [0.15, 0.2) is 0 Å². The van der Waals surface area contributed by atoms with Gasteiger partial charge in [-0.2, -0.15) is 0 Å². The Balaban J connectivity index is 2.47. The molecule has 1 atom stereocenters. The minimum Gasteiger partial charge on any atom is -0.478 e. The van der Waals surface area contributed by atoms with Gasteiger partial charge in [-0.3, -0.25) is 0 Å². The molecule has 0 aliphatic rings. The van der Waals surface area contributed by atoms with E-state index >= 15 is 0 Å². The molecule has 17 heavy (non-hydrogen) atoms. The van der Waals surface area contributed by atoms with Crippen molar-refractivity contribution in [3.63, 3.8) is 0 Å². The number of imidazole rings is 1. The van der Waals surface area contributed by atoms with Crippen molar-refractivity contribution >= 4 is 17.0 Å². The van der Waals surface area contributed by atoms with E-state index in [4.69, 9.17) is 10.8 Å². The van der Waals surface area contributed by atoms with Gasteiger partial charge in [-0.05, 0) is 24.1 Å². The Kier molecular flexibility index (Phi) is 2.85. The number of carboxylic acids is 1. The maximum atomic E-state index is 10.8. The number of carbonyl (C=O) groups is 1. The highest BCUT2D eigenvalue weighted by atomic mass is 16.4. The summed E-state index contributed by atoms with van der Waals surface area (Å²) < 4.78 is 0. The minimum atomic E-state index is -0.948. The van der Waals surface area contributed by atoms with Crippen LogP contribution in [0.4, 0.5) is 0 Å². The lowest BCUT2D eigenvalue weighted by Gasteiger charge is -2.11. The fourth-order valence-electron chi connectivity index (χ4n) is 1.64. The maximum Gasteiger partial charge on any atom is 0.335 e. The first-order valence-corrected chi connectivity index (χ1v) is 5.47. The van der Waals surface area contributed by atoms with Crippen molar-refractivity contribution in [3.8, 4) is 0 Å². The van der Waals surface area contributed by atoms with Gasteiger partial charge >= 0.3 is 5.97 Å². The lowest BCUT2D eigenvalue weighted by molar-refractivity contribution is 0.0697. The summed E-state index contributed by atoms with van der Waals surface area (Å²) in [7, 11) is 0. The molecule has 0 fully saturated rings. The number of rotatable bonds is 3. The Hall–Kier alpha value is -1.88. The highest BCUT2D eigenvalue weighted by Crippen LogP contribution is 2.20. The van der Waals surface area contributed by atoms with E-state index in [1.54, 1.807) is 12.1 Å². The summed E-state index contributed by atoms with van der Waals surface area (Å²) in [6, 6.07) is 4.62. The summed E-state index contributed by atoms with van der Waals surface area (Å²) in [5, 5.41) is 8.89. The lowest BCUT2D eigenvalue weighted by atomic mass is 10.1. The molecule has 2 aromatic rings. The Morgan fingerprint density at radius 2 is 2.18 bits per heavy atom. The van der Waals surface area contributed by atoms with E-state index in [0.29, 0.717) is 11.3 Å². The number of hydrogen-bond acceptors (Lipinski definition) is 3. The van der Waals surface area contributed by atoms with Crippen LogP contribution in [-0.2, 0) is 0 Å². The number of benzene rings is 1. The number of aromatic amines is 1. The van der Waals surface area contributed by atoms with Crippen LogP contribution in [0.2, 0.25) is 0 Å². The van der Waals surface area contributed by atoms with Crippen molar-refractivity contribution in [2.24, 2.45) is 11.7 Å². The largest absolute Gasteiger partial charge is 0.478 e. The van der Waals surface area contributed by atoms with Gasteiger partial charge in [0.1, 0.15) is 5.82 Å². The average molecular weight is 233 g/mol. The number of hydrogen-bond donors (Lipinski definition) is 3. The van der Waals surface area contributed by atoms with E-state index < -0.39 is 5.97 Å². The van der Waals surface area contributed by atoms with Gasteiger partial charge in [0, 0.05) is 0 Å². The molecule has 0 aliphatic carbocycles. The molecular weight excluding hydrogens is 218 g/mol. The predicted octanol–water partition coefficient (Wildman–Crippen LogP) is 1.92. The van der Waals surface area contributed by atoms with Gasteiger partial charge in [-0.25, -0.2) is 9.78 Å². The second-order valence-electron chi connectivity index (χ2n) is 4.43. The van der Waals surface area contributed by atoms with Gasteiger partial charge in [-0.1, -0.05) is 13.8 Å². The fraction of sp³-hybridized carbons (Fsp3) is 0.333. The standard InChI is InChI=1S/C12H15N3O2/c1-6(2)10(13)11-14-8-4-3-7(12(16)17)5-9(8)15-11/h3-6,10H,13H2,1-2H3,(H,14,15)(H,16,17). The van der Waals surface area contributed by atoms with Gasteiger partial charge in [-0.15, -0.1) is 0 Å². The number of nitrogens with two attached hydrogens (primary N) is 1. The van der Waals surface area contributed by atoms with Crippen LogP contribution in [0.1, 0.15) is 36.1 Å². The van der Waals surface area contributed by atoms with E-state index in [0.717, 1.165) is 5.52 Å². The third-order valence-corrected chi connectivity index (χ3v) is 2.78. The molecule has 0 saturated carbocycles. The summed E-state index contributed by atoms with van der Waals surface area (Å²) in [5.74, 6) is 0.0169. The van der Waals surface area contributed by atoms with Crippen LogP contribution < -0.4 is 5.73 Å². The molecule has 2 rings (SSSR count).